The zero-order valence-corrected chi connectivity index (χ0v) is 18.9. The monoisotopic (exact) mass is 480 g/mol. The van der Waals surface area contributed by atoms with Gasteiger partial charge in [0, 0.05) is 37.7 Å². The molecule has 0 aliphatic rings. The van der Waals surface area contributed by atoms with Crippen LogP contribution in [-0.2, 0) is 17.9 Å². The number of ether oxygens (including phenoxy) is 2. The largest absolute Gasteiger partial charge is 0.573 e. The summed E-state index contributed by atoms with van der Waals surface area (Å²) in [5, 5.41) is 6.99. The van der Waals surface area contributed by atoms with Crippen molar-refractivity contribution in [2.45, 2.75) is 32.8 Å². The van der Waals surface area contributed by atoms with Gasteiger partial charge in [0.05, 0.1) is 6.61 Å². The highest BCUT2D eigenvalue weighted by Crippen LogP contribution is 2.27. The number of aromatic nitrogens is 3. The van der Waals surface area contributed by atoms with Gasteiger partial charge in [-0.25, -0.2) is 0 Å². The minimum atomic E-state index is -4.81. The molecule has 33 heavy (non-hydrogen) atoms. The Morgan fingerprint density at radius 1 is 1.18 bits per heavy atom. The number of halogens is 3. The summed E-state index contributed by atoms with van der Waals surface area (Å²) in [7, 11) is 1.52. The van der Waals surface area contributed by atoms with Gasteiger partial charge in [0.1, 0.15) is 11.5 Å². The molecule has 176 valence electrons. The first-order valence-electron chi connectivity index (χ1n) is 10.1. The van der Waals surface area contributed by atoms with E-state index < -0.39 is 6.36 Å². The van der Waals surface area contributed by atoms with Crippen molar-refractivity contribution >= 4 is 18.1 Å². The van der Waals surface area contributed by atoms with Gasteiger partial charge >= 0.3 is 6.36 Å². The van der Waals surface area contributed by atoms with Gasteiger partial charge in [-0.15, -0.1) is 13.2 Å². The van der Waals surface area contributed by atoms with Crippen molar-refractivity contribution in [1.29, 1.82) is 0 Å². The van der Waals surface area contributed by atoms with Crippen LogP contribution >= 0.6 is 12.2 Å². The van der Waals surface area contributed by atoms with E-state index in [2.05, 4.69) is 14.9 Å². The Hall–Kier alpha value is -3.34. The van der Waals surface area contributed by atoms with Crippen LogP contribution in [0.25, 0.3) is 11.4 Å². The van der Waals surface area contributed by atoms with Crippen molar-refractivity contribution in [3.05, 3.63) is 58.9 Å². The van der Waals surface area contributed by atoms with E-state index in [1.807, 2.05) is 31.2 Å². The second-order valence-electron chi connectivity index (χ2n) is 7.12. The number of nitrogens with zero attached hydrogens (tertiary/aromatic N) is 3. The lowest BCUT2D eigenvalue weighted by Crippen LogP contribution is -2.28. The molecule has 0 atom stereocenters. The Bertz CT molecular complexity index is 1140. The number of amides is 1. The lowest BCUT2D eigenvalue weighted by molar-refractivity contribution is -0.275. The van der Waals surface area contributed by atoms with E-state index in [1.165, 1.54) is 30.1 Å². The maximum absolute atomic E-state index is 12.7. The summed E-state index contributed by atoms with van der Waals surface area (Å²) in [5.74, 6) is 0.702. The summed E-state index contributed by atoms with van der Waals surface area (Å²) in [6, 6.07) is 13.1. The van der Waals surface area contributed by atoms with Crippen molar-refractivity contribution in [1.82, 2.24) is 19.7 Å². The number of hydrogen-bond acceptors (Lipinski definition) is 5. The molecule has 0 unspecified atom stereocenters. The smallest absolute Gasteiger partial charge is 0.494 e. The Balaban J connectivity index is 1.67. The number of alkyl halides is 3. The summed E-state index contributed by atoms with van der Waals surface area (Å²) in [4.78, 5) is 14.0. The number of aromatic amines is 1. The summed E-state index contributed by atoms with van der Waals surface area (Å²) >= 11 is 5.30. The molecule has 1 aromatic heterocycles. The normalized spacial score (nSPS) is 11.3. The fourth-order valence-corrected chi connectivity index (χ4v) is 3.44. The summed E-state index contributed by atoms with van der Waals surface area (Å²) in [6.07, 6.45) is -4.73. The molecule has 7 nitrogen and oxygen atoms in total. The number of H-pyrrole nitrogens is 1. The van der Waals surface area contributed by atoms with Crippen molar-refractivity contribution in [2.75, 3.05) is 13.7 Å². The number of nitrogens with one attached hydrogen (secondary N) is 1. The number of carbonyl (C=O) groups is 1. The minimum Gasteiger partial charge on any atom is -0.494 e. The van der Waals surface area contributed by atoms with Gasteiger partial charge in [-0.2, -0.15) is 5.10 Å². The molecule has 0 bridgehead atoms. The van der Waals surface area contributed by atoms with Crippen molar-refractivity contribution in [2.24, 2.45) is 0 Å². The Kier molecular flexibility index (Phi) is 7.75. The van der Waals surface area contributed by atoms with Crippen LogP contribution in [0.1, 0.15) is 18.9 Å². The summed E-state index contributed by atoms with van der Waals surface area (Å²) < 4.78 is 49.5. The van der Waals surface area contributed by atoms with E-state index in [9.17, 15) is 18.0 Å². The van der Waals surface area contributed by atoms with Gasteiger partial charge in [-0.3, -0.25) is 14.5 Å². The van der Waals surface area contributed by atoms with Crippen LogP contribution < -0.4 is 9.47 Å². The first kappa shape index (κ1) is 24.3. The zero-order chi connectivity index (χ0) is 24.0. The molecule has 0 saturated carbocycles. The van der Waals surface area contributed by atoms with Gasteiger partial charge in [-0.1, -0.05) is 18.2 Å². The molecule has 11 heteroatoms. The SMILES string of the molecule is CCOc1ccc(-c2n[nH]c(=S)n2CCC(=O)N(C)Cc2ccccc2OC(F)(F)F)cc1. The van der Waals surface area contributed by atoms with E-state index in [1.54, 1.807) is 10.6 Å². The summed E-state index contributed by atoms with van der Waals surface area (Å²) in [5.41, 5.74) is 1.05. The third kappa shape index (κ3) is 6.58. The highest BCUT2D eigenvalue weighted by molar-refractivity contribution is 7.71. The molecular weight excluding hydrogens is 457 g/mol. The molecule has 3 aromatic rings. The second-order valence-corrected chi connectivity index (χ2v) is 7.50. The van der Waals surface area contributed by atoms with E-state index in [0.29, 0.717) is 17.2 Å². The van der Waals surface area contributed by atoms with Crippen molar-refractivity contribution in [3.8, 4) is 22.9 Å². The first-order chi connectivity index (χ1) is 15.7. The molecule has 1 N–H and O–H groups in total. The van der Waals surface area contributed by atoms with Gasteiger partial charge in [0.25, 0.3) is 0 Å². The quantitative estimate of drug-likeness (QED) is 0.439. The average Bonchev–Trinajstić information content (AvgIpc) is 3.13. The topological polar surface area (TPSA) is 72.4 Å². The van der Waals surface area contributed by atoms with E-state index in [-0.39, 0.29) is 36.7 Å². The number of carbonyl (C=O) groups excluding carboxylic acids is 1. The fraction of sp³-hybridized carbons (Fsp3) is 0.318. The molecule has 0 aliphatic heterocycles. The minimum absolute atomic E-state index is 0.0341. The number of para-hydroxylation sites is 1. The average molecular weight is 481 g/mol. The maximum atomic E-state index is 12.7. The Morgan fingerprint density at radius 2 is 1.88 bits per heavy atom. The van der Waals surface area contributed by atoms with E-state index in [0.717, 1.165) is 11.3 Å². The second kappa shape index (κ2) is 10.5. The molecule has 0 radical (unpaired) electrons. The lowest BCUT2D eigenvalue weighted by Gasteiger charge is -2.20. The van der Waals surface area contributed by atoms with Crippen LogP contribution in [0.15, 0.2) is 48.5 Å². The molecule has 0 aliphatic carbocycles. The van der Waals surface area contributed by atoms with Crippen molar-refractivity contribution < 1.29 is 27.4 Å². The Morgan fingerprint density at radius 3 is 2.55 bits per heavy atom. The molecule has 0 spiro atoms. The van der Waals surface area contributed by atoms with Gasteiger partial charge < -0.3 is 14.4 Å². The van der Waals surface area contributed by atoms with Crippen LogP contribution in [-0.4, -0.2) is 45.6 Å². The molecule has 0 saturated heterocycles. The molecule has 3 rings (SSSR count). The number of benzene rings is 2. The first-order valence-corrected chi connectivity index (χ1v) is 10.5. The van der Waals surface area contributed by atoms with Crippen LogP contribution in [0.2, 0.25) is 0 Å². The molecule has 0 fully saturated rings. The lowest BCUT2D eigenvalue weighted by atomic mass is 10.2. The predicted molar refractivity (Wildman–Crippen MR) is 118 cm³/mol. The zero-order valence-electron chi connectivity index (χ0n) is 18.1. The van der Waals surface area contributed by atoms with Crippen LogP contribution in [0, 0.1) is 4.77 Å². The summed E-state index contributed by atoms with van der Waals surface area (Å²) in [6.45, 7) is 2.67. The maximum Gasteiger partial charge on any atom is 0.573 e. The van der Waals surface area contributed by atoms with Crippen LogP contribution in [0.3, 0.4) is 0 Å². The third-order valence-corrected chi connectivity index (χ3v) is 5.07. The van der Waals surface area contributed by atoms with Crippen LogP contribution in [0.5, 0.6) is 11.5 Å². The molecule has 1 amide bonds. The standard InChI is InChI=1S/C22H23F3N4O3S/c1-3-31-17-10-8-15(9-11-17)20-26-27-21(33)29(20)13-12-19(30)28(2)14-16-6-4-5-7-18(16)32-22(23,24)25/h4-11H,3,12-14H2,1-2H3,(H,27,33). The third-order valence-electron chi connectivity index (χ3n) is 4.76. The number of hydrogen-bond donors (Lipinski definition) is 1. The van der Waals surface area contributed by atoms with Crippen LogP contribution in [0.4, 0.5) is 13.2 Å². The highest BCUT2D eigenvalue weighted by Gasteiger charge is 2.32. The van der Waals surface area contributed by atoms with Crippen molar-refractivity contribution in [3.63, 3.8) is 0 Å². The Labute approximate surface area is 193 Å². The van der Waals surface area contributed by atoms with Gasteiger partial charge in [-0.05, 0) is 49.5 Å². The number of rotatable bonds is 9. The van der Waals surface area contributed by atoms with E-state index >= 15 is 0 Å². The van der Waals surface area contributed by atoms with E-state index in [4.69, 9.17) is 17.0 Å². The molecule has 1 heterocycles. The fourth-order valence-electron chi connectivity index (χ4n) is 3.21. The van der Waals surface area contributed by atoms with Gasteiger partial charge in [0.2, 0.25) is 5.91 Å². The molecular formula is C22H23F3N4O3S. The predicted octanol–water partition coefficient (Wildman–Crippen LogP) is 4.95. The van der Waals surface area contributed by atoms with Gasteiger partial charge in [0.15, 0.2) is 10.6 Å². The highest BCUT2D eigenvalue weighted by atomic mass is 32.1. The molecule has 2 aromatic carbocycles.